The lowest BCUT2D eigenvalue weighted by molar-refractivity contribution is -0.130. The van der Waals surface area contributed by atoms with Crippen molar-refractivity contribution in [2.24, 2.45) is 0 Å². The summed E-state index contributed by atoms with van der Waals surface area (Å²) in [7, 11) is 1.38. The number of aryl methyl sites for hydroxylation is 1. The standard InChI is InChI=1S/C13H13ClN2O3/c1-8-11(7-12(17)16-18-2)15-13(19-8)9-3-5-10(14)6-4-9/h3-6H,7H2,1-2H3,(H,16,17). The highest BCUT2D eigenvalue weighted by molar-refractivity contribution is 6.30. The van der Waals surface area contributed by atoms with Crippen LogP contribution in [0.25, 0.3) is 11.5 Å². The van der Waals surface area contributed by atoms with Gasteiger partial charge >= 0.3 is 0 Å². The van der Waals surface area contributed by atoms with Crippen molar-refractivity contribution >= 4 is 17.5 Å². The van der Waals surface area contributed by atoms with Gasteiger partial charge in [-0.3, -0.25) is 9.63 Å². The van der Waals surface area contributed by atoms with E-state index in [9.17, 15) is 4.79 Å². The lowest BCUT2D eigenvalue weighted by Gasteiger charge is -1.98. The first kappa shape index (κ1) is 13.6. The molecule has 1 aromatic heterocycles. The van der Waals surface area contributed by atoms with E-state index in [1.54, 1.807) is 19.1 Å². The molecule has 1 N–H and O–H groups in total. The zero-order valence-electron chi connectivity index (χ0n) is 10.6. The predicted octanol–water partition coefficient (Wildman–Crippen LogP) is 2.52. The van der Waals surface area contributed by atoms with Crippen molar-refractivity contribution in [2.45, 2.75) is 13.3 Å². The van der Waals surface area contributed by atoms with Gasteiger partial charge in [-0.2, -0.15) is 0 Å². The van der Waals surface area contributed by atoms with Gasteiger partial charge in [0.2, 0.25) is 11.8 Å². The second-order valence-electron chi connectivity index (χ2n) is 3.93. The van der Waals surface area contributed by atoms with Crippen LogP contribution in [0.1, 0.15) is 11.5 Å². The van der Waals surface area contributed by atoms with Gasteiger partial charge in [0, 0.05) is 10.6 Å². The van der Waals surface area contributed by atoms with Gasteiger partial charge in [0.05, 0.1) is 19.2 Å². The summed E-state index contributed by atoms with van der Waals surface area (Å²) < 4.78 is 5.54. The molecular formula is C13H13ClN2O3. The topological polar surface area (TPSA) is 64.4 Å². The fourth-order valence-corrected chi connectivity index (χ4v) is 1.74. The number of nitrogens with zero attached hydrogens (tertiary/aromatic N) is 1. The van der Waals surface area contributed by atoms with E-state index in [-0.39, 0.29) is 12.3 Å². The summed E-state index contributed by atoms with van der Waals surface area (Å²) in [6, 6.07) is 7.14. The lowest BCUT2D eigenvalue weighted by atomic mass is 10.2. The lowest BCUT2D eigenvalue weighted by Crippen LogP contribution is -2.24. The summed E-state index contributed by atoms with van der Waals surface area (Å²) in [6.45, 7) is 1.77. The van der Waals surface area contributed by atoms with Crippen molar-refractivity contribution in [3.8, 4) is 11.5 Å². The van der Waals surface area contributed by atoms with Gasteiger partial charge in [-0.25, -0.2) is 10.5 Å². The number of nitrogens with one attached hydrogen (secondary N) is 1. The highest BCUT2D eigenvalue weighted by Gasteiger charge is 2.14. The highest BCUT2D eigenvalue weighted by atomic mass is 35.5. The minimum absolute atomic E-state index is 0.108. The van der Waals surface area contributed by atoms with E-state index in [1.807, 2.05) is 12.1 Å². The fourth-order valence-electron chi connectivity index (χ4n) is 1.61. The van der Waals surface area contributed by atoms with Crippen LogP contribution in [0.4, 0.5) is 0 Å². The summed E-state index contributed by atoms with van der Waals surface area (Å²) in [4.78, 5) is 20.3. The minimum atomic E-state index is -0.276. The van der Waals surface area contributed by atoms with Crippen LogP contribution in [-0.4, -0.2) is 18.0 Å². The summed E-state index contributed by atoms with van der Waals surface area (Å²) in [5.74, 6) is 0.798. The first-order valence-corrected chi connectivity index (χ1v) is 6.02. The Labute approximate surface area is 115 Å². The van der Waals surface area contributed by atoms with E-state index in [0.717, 1.165) is 5.56 Å². The molecule has 0 aliphatic rings. The van der Waals surface area contributed by atoms with E-state index < -0.39 is 0 Å². The third-order valence-electron chi connectivity index (χ3n) is 2.53. The highest BCUT2D eigenvalue weighted by Crippen LogP contribution is 2.23. The van der Waals surface area contributed by atoms with Crippen LogP contribution in [0.2, 0.25) is 5.02 Å². The number of aromatic nitrogens is 1. The Morgan fingerprint density at radius 2 is 2.11 bits per heavy atom. The van der Waals surface area contributed by atoms with Crippen molar-refractivity contribution in [1.82, 2.24) is 10.5 Å². The Kier molecular flexibility index (Phi) is 4.19. The largest absolute Gasteiger partial charge is 0.441 e. The number of oxazole rings is 1. The molecular weight excluding hydrogens is 268 g/mol. The molecule has 5 nitrogen and oxygen atoms in total. The summed E-state index contributed by atoms with van der Waals surface area (Å²) in [5, 5.41) is 0.645. The summed E-state index contributed by atoms with van der Waals surface area (Å²) in [6.07, 6.45) is 0.108. The van der Waals surface area contributed by atoms with Gasteiger partial charge in [-0.15, -0.1) is 0 Å². The van der Waals surface area contributed by atoms with E-state index in [4.69, 9.17) is 16.0 Å². The molecule has 0 unspecified atom stereocenters. The molecule has 0 saturated carbocycles. The van der Waals surface area contributed by atoms with Gasteiger partial charge < -0.3 is 4.42 Å². The molecule has 0 bridgehead atoms. The zero-order chi connectivity index (χ0) is 13.8. The predicted molar refractivity (Wildman–Crippen MR) is 70.5 cm³/mol. The molecule has 1 aromatic carbocycles. The maximum atomic E-state index is 11.4. The molecule has 0 aliphatic carbocycles. The molecule has 0 spiro atoms. The molecule has 0 atom stereocenters. The average Bonchev–Trinajstić information content (AvgIpc) is 2.72. The number of carbonyl (C=O) groups excluding carboxylic acids is 1. The molecule has 0 fully saturated rings. The number of benzene rings is 1. The molecule has 100 valence electrons. The molecule has 0 radical (unpaired) electrons. The number of hydrogen-bond donors (Lipinski definition) is 1. The molecule has 2 rings (SSSR count). The monoisotopic (exact) mass is 280 g/mol. The smallest absolute Gasteiger partial charge is 0.249 e. The van der Waals surface area contributed by atoms with Crippen molar-refractivity contribution in [3.63, 3.8) is 0 Å². The van der Waals surface area contributed by atoms with Crippen LogP contribution in [0, 0.1) is 6.92 Å². The van der Waals surface area contributed by atoms with Gasteiger partial charge in [-0.1, -0.05) is 11.6 Å². The van der Waals surface area contributed by atoms with Gasteiger partial charge in [0.1, 0.15) is 5.76 Å². The Morgan fingerprint density at radius 3 is 2.74 bits per heavy atom. The van der Waals surface area contributed by atoms with Gasteiger partial charge in [0.15, 0.2) is 0 Å². The number of halogens is 1. The number of amides is 1. The fraction of sp³-hybridized carbons (Fsp3) is 0.231. The molecule has 1 amide bonds. The maximum absolute atomic E-state index is 11.4. The van der Waals surface area contributed by atoms with Gasteiger partial charge in [-0.05, 0) is 31.2 Å². The second-order valence-corrected chi connectivity index (χ2v) is 4.37. The summed E-state index contributed by atoms with van der Waals surface area (Å²) >= 11 is 5.82. The number of hydrogen-bond acceptors (Lipinski definition) is 4. The molecule has 0 saturated heterocycles. The Balaban J connectivity index is 2.21. The molecule has 6 heteroatoms. The molecule has 1 heterocycles. The van der Waals surface area contributed by atoms with Crippen LogP contribution in [0.3, 0.4) is 0 Å². The van der Waals surface area contributed by atoms with Crippen molar-refractivity contribution < 1.29 is 14.0 Å². The average molecular weight is 281 g/mol. The van der Waals surface area contributed by atoms with Crippen molar-refractivity contribution in [3.05, 3.63) is 40.7 Å². The third-order valence-corrected chi connectivity index (χ3v) is 2.78. The Bertz CT molecular complexity index is 578. The maximum Gasteiger partial charge on any atom is 0.249 e. The SMILES string of the molecule is CONC(=O)Cc1nc(-c2ccc(Cl)cc2)oc1C. The summed E-state index contributed by atoms with van der Waals surface area (Å²) in [5.41, 5.74) is 3.63. The van der Waals surface area contributed by atoms with E-state index in [0.29, 0.717) is 22.4 Å². The number of carbonyl (C=O) groups is 1. The minimum Gasteiger partial charge on any atom is -0.441 e. The Hall–Kier alpha value is -1.85. The van der Waals surface area contributed by atoms with E-state index in [2.05, 4.69) is 15.3 Å². The van der Waals surface area contributed by atoms with E-state index in [1.165, 1.54) is 7.11 Å². The number of hydroxylamine groups is 1. The van der Waals surface area contributed by atoms with E-state index >= 15 is 0 Å². The first-order valence-electron chi connectivity index (χ1n) is 5.64. The molecule has 19 heavy (non-hydrogen) atoms. The van der Waals surface area contributed by atoms with Crippen LogP contribution in [-0.2, 0) is 16.1 Å². The van der Waals surface area contributed by atoms with Crippen LogP contribution < -0.4 is 5.48 Å². The molecule has 2 aromatic rings. The normalized spacial score (nSPS) is 10.5. The Morgan fingerprint density at radius 1 is 1.42 bits per heavy atom. The second kappa shape index (κ2) is 5.86. The zero-order valence-corrected chi connectivity index (χ0v) is 11.3. The van der Waals surface area contributed by atoms with Crippen molar-refractivity contribution in [1.29, 1.82) is 0 Å². The quantitative estimate of drug-likeness (QED) is 0.874. The van der Waals surface area contributed by atoms with Crippen LogP contribution in [0.5, 0.6) is 0 Å². The third kappa shape index (κ3) is 3.33. The molecule has 0 aliphatic heterocycles. The van der Waals surface area contributed by atoms with Crippen molar-refractivity contribution in [2.75, 3.05) is 7.11 Å². The van der Waals surface area contributed by atoms with Gasteiger partial charge in [0.25, 0.3) is 0 Å². The van der Waals surface area contributed by atoms with Crippen LogP contribution in [0.15, 0.2) is 28.7 Å². The number of rotatable bonds is 4. The van der Waals surface area contributed by atoms with Crippen LogP contribution >= 0.6 is 11.6 Å². The first-order chi connectivity index (χ1) is 9.10.